The van der Waals surface area contributed by atoms with Crippen molar-refractivity contribution in [2.75, 3.05) is 19.6 Å². The van der Waals surface area contributed by atoms with Gasteiger partial charge in [0, 0.05) is 60.0 Å². The van der Waals surface area contributed by atoms with Gasteiger partial charge in [-0.2, -0.15) is 0 Å². The Labute approximate surface area is 222 Å². The largest absolute Gasteiger partial charge is 0.481 e. The van der Waals surface area contributed by atoms with Crippen LogP contribution in [0.15, 0.2) is 53.3 Å². The Morgan fingerprint density at radius 1 is 1.03 bits per heavy atom. The number of pyridine rings is 1. The Morgan fingerprint density at radius 2 is 1.74 bits per heavy atom. The number of benzene rings is 2. The standard InChI is InChI=1S/C30H36FN3O4/c1-20-19-32(30(2,3)4)15-16-33(20)28(37)21-9-14-26-22(17-21)18-25(7-5-6-8-27(35)36)34(29(26)38)24-12-10-23(31)11-13-24/h9-14,17-18,20H,5-8,15-16,19H2,1-4H3,(H,35,36)/t20-/m1/s1. The molecule has 1 amide bonds. The zero-order valence-electron chi connectivity index (χ0n) is 22.5. The number of carboxylic acid groups (broad SMARTS) is 1. The lowest BCUT2D eigenvalue weighted by Gasteiger charge is -2.45. The Kier molecular flexibility index (Phi) is 8.02. The summed E-state index contributed by atoms with van der Waals surface area (Å²) in [5.41, 5.74) is 1.55. The van der Waals surface area contributed by atoms with Crippen LogP contribution in [0.3, 0.4) is 0 Å². The Bertz CT molecular complexity index is 1390. The molecule has 3 aromatic rings. The predicted molar refractivity (Wildman–Crippen MR) is 147 cm³/mol. The van der Waals surface area contributed by atoms with Crippen molar-refractivity contribution in [3.05, 3.63) is 76.0 Å². The molecule has 0 saturated carbocycles. The van der Waals surface area contributed by atoms with Gasteiger partial charge in [-0.15, -0.1) is 0 Å². The predicted octanol–water partition coefficient (Wildman–Crippen LogP) is 4.87. The average Bonchev–Trinajstić information content (AvgIpc) is 2.86. The number of carbonyl (C=O) groups excluding carboxylic acids is 1. The molecule has 202 valence electrons. The molecular formula is C30H36FN3O4. The topological polar surface area (TPSA) is 82.9 Å². The van der Waals surface area contributed by atoms with Crippen molar-refractivity contribution in [1.82, 2.24) is 14.4 Å². The number of amides is 1. The van der Waals surface area contributed by atoms with Gasteiger partial charge in [-0.05, 0) is 101 Å². The number of fused-ring (bicyclic) bond motifs is 1. The number of aliphatic carboxylic acids is 1. The van der Waals surface area contributed by atoms with Crippen LogP contribution < -0.4 is 5.56 Å². The molecule has 2 aromatic carbocycles. The summed E-state index contributed by atoms with van der Waals surface area (Å²) in [5.74, 6) is -1.31. The summed E-state index contributed by atoms with van der Waals surface area (Å²) in [6, 6.07) is 12.8. The minimum absolute atomic E-state index is 0.0393. The Morgan fingerprint density at radius 3 is 2.37 bits per heavy atom. The number of rotatable bonds is 7. The molecule has 0 radical (unpaired) electrons. The maximum absolute atomic E-state index is 13.6. The van der Waals surface area contributed by atoms with E-state index in [0.29, 0.717) is 53.5 Å². The van der Waals surface area contributed by atoms with Crippen molar-refractivity contribution in [1.29, 1.82) is 0 Å². The summed E-state index contributed by atoms with van der Waals surface area (Å²) in [5, 5.41) is 10.1. The maximum Gasteiger partial charge on any atom is 0.303 e. The number of piperazine rings is 1. The van der Waals surface area contributed by atoms with Crippen LogP contribution in [0, 0.1) is 5.82 Å². The van der Waals surface area contributed by atoms with Gasteiger partial charge in [-0.1, -0.05) is 0 Å². The molecule has 1 N–H and O–H groups in total. The number of carbonyl (C=O) groups is 2. The first-order valence-electron chi connectivity index (χ1n) is 13.2. The van der Waals surface area contributed by atoms with Crippen LogP contribution in [0.2, 0.25) is 0 Å². The molecule has 0 bridgehead atoms. The smallest absolute Gasteiger partial charge is 0.303 e. The molecule has 2 heterocycles. The van der Waals surface area contributed by atoms with E-state index in [1.807, 2.05) is 11.0 Å². The quantitative estimate of drug-likeness (QED) is 0.449. The van der Waals surface area contributed by atoms with E-state index in [4.69, 9.17) is 5.11 Å². The van der Waals surface area contributed by atoms with E-state index in [2.05, 4.69) is 32.6 Å². The van der Waals surface area contributed by atoms with Gasteiger partial charge >= 0.3 is 5.97 Å². The van der Waals surface area contributed by atoms with Gasteiger partial charge in [0.1, 0.15) is 5.82 Å². The van der Waals surface area contributed by atoms with Crippen molar-refractivity contribution in [2.45, 2.75) is 65.0 Å². The number of carboxylic acids is 1. The molecular weight excluding hydrogens is 485 g/mol. The van der Waals surface area contributed by atoms with Crippen LogP contribution >= 0.6 is 0 Å². The number of unbranched alkanes of at least 4 members (excludes halogenated alkanes) is 1. The fourth-order valence-electron chi connectivity index (χ4n) is 5.18. The minimum Gasteiger partial charge on any atom is -0.481 e. The van der Waals surface area contributed by atoms with Crippen LogP contribution in [0.25, 0.3) is 16.5 Å². The van der Waals surface area contributed by atoms with E-state index in [0.717, 1.165) is 13.1 Å². The molecule has 0 aliphatic carbocycles. The molecule has 38 heavy (non-hydrogen) atoms. The van der Waals surface area contributed by atoms with Gasteiger partial charge in [0.2, 0.25) is 0 Å². The minimum atomic E-state index is -0.861. The third-order valence-electron chi connectivity index (χ3n) is 7.34. The van der Waals surface area contributed by atoms with Crippen LogP contribution in [-0.2, 0) is 11.2 Å². The van der Waals surface area contributed by atoms with Crippen molar-refractivity contribution >= 4 is 22.6 Å². The second-order valence-electron chi connectivity index (χ2n) is 11.1. The lowest BCUT2D eigenvalue weighted by molar-refractivity contribution is -0.137. The monoisotopic (exact) mass is 521 g/mol. The number of aryl methyl sites for hydroxylation is 1. The molecule has 1 fully saturated rings. The van der Waals surface area contributed by atoms with Gasteiger partial charge in [0.05, 0.1) is 0 Å². The van der Waals surface area contributed by atoms with Crippen molar-refractivity contribution < 1.29 is 19.1 Å². The van der Waals surface area contributed by atoms with Crippen molar-refractivity contribution in [2.24, 2.45) is 0 Å². The van der Waals surface area contributed by atoms with E-state index >= 15 is 0 Å². The summed E-state index contributed by atoms with van der Waals surface area (Å²) in [6.45, 7) is 10.8. The first kappa shape index (κ1) is 27.5. The zero-order chi connectivity index (χ0) is 27.6. The normalized spacial score (nSPS) is 16.7. The molecule has 1 aliphatic rings. The maximum atomic E-state index is 13.6. The number of aromatic nitrogens is 1. The highest BCUT2D eigenvalue weighted by molar-refractivity contribution is 5.98. The summed E-state index contributed by atoms with van der Waals surface area (Å²) < 4.78 is 15.1. The lowest BCUT2D eigenvalue weighted by Crippen LogP contribution is -2.58. The summed E-state index contributed by atoms with van der Waals surface area (Å²) in [7, 11) is 0. The second kappa shape index (κ2) is 11.1. The second-order valence-corrected chi connectivity index (χ2v) is 11.1. The van der Waals surface area contributed by atoms with Crippen LogP contribution in [0.4, 0.5) is 4.39 Å². The first-order chi connectivity index (χ1) is 18.0. The van der Waals surface area contributed by atoms with Crippen LogP contribution in [-0.4, -0.2) is 62.6 Å². The van der Waals surface area contributed by atoms with Crippen LogP contribution in [0.1, 0.15) is 63.0 Å². The van der Waals surface area contributed by atoms with E-state index in [-0.39, 0.29) is 29.5 Å². The summed E-state index contributed by atoms with van der Waals surface area (Å²) >= 11 is 0. The lowest BCUT2D eigenvalue weighted by atomic mass is 10.0. The van der Waals surface area contributed by atoms with E-state index in [1.165, 1.54) is 12.1 Å². The van der Waals surface area contributed by atoms with Gasteiger partial charge in [0.15, 0.2) is 0 Å². The highest BCUT2D eigenvalue weighted by Gasteiger charge is 2.32. The van der Waals surface area contributed by atoms with Gasteiger partial charge < -0.3 is 10.0 Å². The Balaban J connectivity index is 1.68. The fourth-order valence-corrected chi connectivity index (χ4v) is 5.18. The highest BCUT2D eigenvalue weighted by atomic mass is 19.1. The van der Waals surface area contributed by atoms with Crippen molar-refractivity contribution in [3.8, 4) is 5.69 Å². The molecule has 7 nitrogen and oxygen atoms in total. The molecule has 0 unspecified atom stereocenters. The van der Waals surface area contributed by atoms with Crippen molar-refractivity contribution in [3.63, 3.8) is 0 Å². The highest BCUT2D eigenvalue weighted by Crippen LogP contribution is 2.24. The summed E-state index contributed by atoms with van der Waals surface area (Å²) in [6.07, 6.45) is 1.57. The number of hydrogen-bond acceptors (Lipinski definition) is 4. The molecule has 1 aliphatic heterocycles. The van der Waals surface area contributed by atoms with Crippen LogP contribution in [0.5, 0.6) is 0 Å². The van der Waals surface area contributed by atoms with Gasteiger partial charge in [0.25, 0.3) is 11.5 Å². The molecule has 8 heteroatoms. The van der Waals surface area contributed by atoms with E-state index in [9.17, 15) is 18.8 Å². The molecule has 0 spiro atoms. The van der Waals surface area contributed by atoms with Gasteiger partial charge in [-0.25, -0.2) is 4.39 Å². The molecule has 1 atom stereocenters. The third kappa shape index (κ3) is 5.96. The molecule has 1 saturated heterocycles. The molecule has 1 aromatic heterocycles. The zero-order valence-corrected chi connectivity index (χ0v) is 22.5. The van der Waals surface area contributed by atoms with E-state index < -0.39 is 11.8 Å². The molecule has 4 rings (SSSR count). The fraction of sp³-hybridized carbons (Fsp3) is 0.433. The number of nitrogens with zero attached hydrogens (tertiary/aromatic N) is 3. The Hall–Kier alpha value is -3.52. The average molecular weight is 522 g/mol. The first-order valence-corrected chi connectivity index (χ1v) is 13.2. The summed E-state index contributed by atoms with van der Waals surface area (Å²) in [4.78, 5) is 42.4. The third-order valence-corrected chi connectivity index (χ3v) is 7.34. The van der Waals surface area contributed by atoms with E-state index in [1.54, 1.807) is 34.9 Å². The van der Waals surface area contributed by atoms with Gasteiger partial charge in [-0.3, -0.25) is 23.9 Å². The number of hydrogen-bond donors (Lipinski definition) is 1. The SMILES string of the molecule is C[C@@H]1CN(C(C)(C)C)CCN1C(=O)c1ccc2c(=O)n(-c3ccc(F)cc3)c(CCCCC(=O)O)cc2c1. The number of halogens is 1.